The van der Waals surface area contributed by atoms with Gasteiger partial charge in [-0.2, -0.15) is 0 Å². The van der Waals surface area contributed by atoms with Crippen LogP contribution < -0.4 is 5.46 Å². The Morgan fingerprint density at radius 2 is 1.35 bits per heavy atom. The van der Waals surface area contributed by atoms with Crippen molar-refractivity contribution in [2.75, 3.05) is 0 Å². The minimum absolute atomic E-state index is 0.139. The quantitative estimate of drug-likeness (QED) is 0.794. The van der Waals surface area contributed by atoms with Crippen LogP contribution in [0.3, 0.4) is 0 Å². The van der Waals surface area contributed by atoms with Crippen molar-refractivity contribution in [1.82, 2.24) is 0 Å². The Morgan fingerprint density at radius 3 is 2.09 bits per heavy atom. The van der Waals surface area contributed by atoms with Gasteiger partial charge in [-0.25, -0.2) is 0 Å². The maximum absolute atomic E-state index is 10.7. The molecule has 2 radical (unpaired) electrons. The summed E-state index contributed by atoms with van der Waals surface area (Å²) in [5, 5.41) is 21.3. The second-order valence-corrected chi connectivity index (χ2v) is 6.84. The van der Waals surface area contributed by atoms with Gasteiger partial charge in [-0.05, 0) is 79.7 Å². The molecule has 0 fully saturated rings. The normalized spacial score (nSPS) is 16.7. The average Bonchev–Trinajstić information content (AvgIpc) is 2.57. The van der Waals surface area contributed by atoms with Crippen LogP contribution in [0, 0.1) is 0 Å². The van der Waals surface area contributed by atoms with Crippen molar-refractivity contribution in [2.45, 2.75) is 51.4 Å². The molecule has 23 heavy (non-hydrogen) atoms. The minimum atomic E-state index is 0.139. The lowest BCUT2D eigenvalue weighted by Gasteiger charge is -2.26. The van der Waals surface area contributed by atoms with E-state index in [0.29, 0.717) is 5.46 Å². The number of fused-ring (bicyclic) bond motifs is 2. The summed E-state index contributed by atoms with van der Waals surface area (Å²) >= 11 is 0. The average molecular weight is 304 g/mol. The van der Waals surface area contributed by atoms with Gasteiger partial charge in [-0.3, -0.25) is 0 Å². The van der Waals surface area contributed by atoms with Crippen molar-refractivity contribution >= 4 is 13.3 Å². The maximum Gasteiger partial charge on any atom is 0.123 e. The maximum atomic E-state index is 10.7. The molecular weight excluding hydrogens is 283 g/mol. The molecule has 4 rings (SSSR count). The van der Waals surface area contributed by atoms with Crippen LogP contribution in [0.2, 0.25) is 0 Å². The smallest absolute Gasteiger partial charge is 0.123 e. The van der Waals surface area contributed by atoms with E-state index in [1.54, 1.807) is 6.07 Å². The molecule has 2 aromatic rings. The van der Waals surface area contributed by atoms with Gasteiger partial charge in [0.15, 0.2) is 0 Å². The van der Waals surface area contributed by atoms with E-state index in [2.05, 4.69) is 0 Å². The van der Waals surface area contributed by atoms with Gasteiger partial charge in [0.05, 0.1) is 0 Å². The number of aromatic hydroxyl groups is 2. The van der Waals surface area contributed by atoms with Crippen molar-refractivity contribution < 1.29 is 10.2 Å². The Labute approximate surface area is 138 Å². The highest BCUT2D eigenvalue weighted by atomic mass is 16.3. The molecule has 2 aromatic carbocycles. The topological polar surface area (TPSA) is 40.5 Å². The number of phenolic OH excluding ortho intramolecular Hbond substituents is 2. The zero-order valence-corrected chi connectivity index (χ0v) is 13.4. The fourth-order valence-electron chi connectivity index (χ4n) is 4.28. The molecule has 2 N–H and O–H groups in total. The molecule has 116 valence electrons. The number of phenols is 2. The Bertz CT molecular complexity index is 780. The molecule has 0 heterocycles. The van der Waals surface area contributed by atoms with Crippen LogP contribution in [0.4, 0.5) is 0 Å². The lowest BCUT2D eigenvalue weighted by molar-refractivity contribution is 0.468. The first kappa shape index (κ1) is 14.7. The summed E-state index contributed by atoms with van der Waals surface area (Å²) in [6.07, 6.45) is 8.57. The Morgan fingerprint density at radius 1 is 0.739 bits per heavy atom. The van der Waals surface area contributed by atoms with Crippen LogP contribution in [0.15, 0.2) is 18.2 Å². The fourth-order valence-corrected chi connectivity index (χ4v) is 4.28. The van der Waals surface area contributed by atoms with Crippen LogP contribution in [-0.4, -0.2) is 18.1 Å². The molecular formula is C20H21BO2. The van der Waals surface area contributed by atoms with Gasteiger partial charge >= 0.3 is 0 Å². The molecule has 0 amide bonds. The van der Waals surface area contributed by atoms with E-state index in [1.165, 1.54) is 28.7 Å². The Hall–Kier alpha value is -1.90. The molecule has 3 heteroatoms. The highest BCUT2D eigenvalue weighted by molar-refractivity contribution is 6.35. The van der Waals surface area contributed by atoms with E-state index in [0.717, 1.165) is 56.1 Å². The predicted molar refractivity (Wildman–Crippen MR) is 93.9 cm³/mol. The standard InChI is InChI=1S/C20H21BO2/c21-16-11-13-6-2-4-8-15(13)19(20(16)23)18-14-7-3-1-5-12(14)9-10-17(18)22/h9-11,22-23H,1-8H2. The van der Waals surface area contributed by atoms with Gasteiger partial charge < -0.3 is 10.2 Å². The second kappa shape index (κ2) is 5.63. The third kappa shape index (κ3) is 2.34. The Balaban J connectivity index is 2.04. The summed E-state index contributed by atoms with van der Waals surface area (Å²) < 4.78 is 0. The van der Waals surface area contributed by atoms with Crippen molar-refractivity contribution in [3.05, 3.63) is 40.5 Å². The monoisotopic (exact) mass is 304 g/mol. The molecule has 0 unspecified atom stereocenters. The first-order valence-corrected chi connectivity index (χ1v) is 8.64. The first-order chi connectivity index (χ1) is 11.2. The lowest BCUT2D eigenvalue weighted by Crippen LogP contribution is -2.14. The molecule has 0 saturated heterocycles. The molecule has 0 saturated carbocycles. The minimum Gasteiger partial charge on any atom is -0.508 e. The molecule has 2 aliphatic carbocycles. The number of rotatable bonds is 1. The SMILES string of the molecule is [B]c1cc2c(c(-c3c(O)ccc4c3CCCC4)c1O)CCCC2. The number of aryl methyl sites for hydroxylation is 2. The molecule has 2 aliphatic rings. The van der Waals surface area contributed by atoms with E-state index in [4.69, 9.17) is 7.85 Å². The molecule has 2 nitrogen and oxygen atoms in total. The van der Waals surface area contributed by atoms with Crippen molar-refractivity contribution in [3.63, 3.8) is 0 Å². The summed E-state index contributed by atoms with van der Waals surface area (Å²) in [7, 11) is 6.08. The zero-order chi connectivity index (χ0) is 16.0. The van der Waals surface area contributed by atoms with Crippen molar-refractivity contribution in [1.29, 1.82) is 0 Å². The van der Waals surface area contributed by atoms with Crippen molar-refractivity contribution in [3.8, 4) is 22.6 Å². The first-order valence-electron chi connectivity index (χ1n) is 8.64. The summed E-state index contributed by atoms with van der Waals surface area (Å²) in [5.74, 6) is 0.402. The fraction of sp³-hybridized carbons (Fsp3) is 0.400. The van der Waals surface area contributed by atoms with E-state index in [1.807, 2.05) is 12.1 Å². The van der Waals surface area contributed by atoms with Gasteiger partial charge in [-0.15, -0.1) is 0 Å². The van der Waals surface area contributed by atoms with Crippen LogP contribution >= 0.6 is 0 Å². The zero-order valence-electron chi connectivity index (χ0n) is 13.4. The molecule has 0 aliphatic heterocycles. The Kier molecular flexibility index (Phi) is 3.59. The van der Waals surface area contributed by atoms with Gasteiger partial charge in [0.1, 0.15) is 19.3 Å². The third-order valence-electron chi connectivity index (χ3n) is 5.41. The lowest BCUT2D eigenvalue weighted by atomic mass is 9.77. The number of hydrogen-bond acceptors (Lipinski definition) is 2. The van der Waals surface area contributed by atoms with Crippen LogP contribution in [0.1, 0.15) is 47.9 Å². The number of benzene rings is 2. The molecule has 0 bridgehead atoms. The summed E-state index contributed by atoms with van der Waals surface area (Å²) in [6, 6.07) is 5.72. The van der Waals surface area contributed by atoms with E-state index >= 15 is 0 Å². The largest absolute Gasteiger partial charge is 0.508 e. The van der Waals surface area contributed by atoms with E-state index in [-0.39, 0.29) is 11.5 Å². The van der Waals surface area contributed by atoms with Gasteiger partial charge in [0.25, 0.3) is 0 Å². The second-order valence-electron chi connectivity index (χ2n) is 6.84. The molecule has 0 aromatic heterocycles. The van der Waals surface area contributed by atoms with E-state index < -0.39 is 0 Å². The highest BCUT2D eigenvalue weighted by Crippen LogP contribution is 2.45. The summed E-state index contributed by atoms with van der Waals surface area (Å²) in [5.41, 5.74) is 6.95. The van der Waals surface area contributed by atoms with Crippen LogP contribution in [0.25, 0.3) is 11.1 Å². The predicted octanol–water partition coefficient (Wildman–Crippen LogP) is 3.32. The summed E-state index contributed by atoms with van der Waals surface area (Å²) in [6.45, 7) is 0. The molecule has 0 spiro atoms. The van der Waals surface area contributed by atoms with Gasteiger partial charge in [0.2, 0.25) is 0 Å². The van der Waals surface area contributed by atoms with Crippen LogP contribution in [0.5, 0.6) is 11.5 Å². The van der Waals surface area contributed by atoms with Crippen LogP contribution in [-0.2, 0) is 25.7 Å². The van der Waals surface area contributed by atoms with E-state index in [9.17, 15) is 10.2 Å². The summed E-state index contributed by atoms with van der Waals surface area (Å²) in [4.78, 5) is 0. The highest BCUT2D eigenvalue weighted by Gasteiger charge is 2.25. The molecule has 0 atom stereocenters. The van der Waals surface area contributed by atoms with Gasteiger partial charge in [-0.1, -0.05) is 17.6 Å². The third-order valence-corrected chi connectivity index (χ3v) is 5.41. The van der Waals surface area contributed by atoms with Gasteiger partial charge in [0, 0.05) is 11.1 Å². The van der Waals surface area contributed by atoms with Crippen molar-refractivity contribution in [2.24, 2.45) is 0 Å². The number of hydrogen-bond donors (Lipinski definition) is 2.